The number of aryl methyl sites for hydroxylation is 2. The highest BCUT2D eigenvalue weighted by molar-refractivity contribution is 5.97. The Hall–Kier alpha value is -2.95. The Morgan fingerprint density at radius 1 is 1.04 bits per heavy atom. The Labute approximate surface area is 153 Å². The number of nitrogens with one attached hydrogen (secondary N) is 2. The molecule has 1 aromatic carbocycles. The molecule has 0 aliphatic carbocycles. The second-order valence-corrected chi connectivity index (χ2v) is 7.60. The van der Waals surface area contributed by atoms with Gasteiger partial charge in [0.15, 0.2) is 0 Å². The summed E-state index contributed by atoms with van der Waals surface area (Å²) in [5.74, 6) is 0.541. The number of carbonyl (C=O) groups is 1. The number of urea groups is 1. The molecule has 134 valence electrons. The monoisotopic (exact) mass is 348 g/mol. The van der Waals surface area contributed by atoms with Crippen LogP contribution in [0.5, 0.6) is 0 Å². The molecule has 2 aromatic heterocycles. The fourth-order valence-electron chi connectivity index (χ4n) is 2.82. The lowest BCUT2D eigenvalue weighted by atomic mass is 9.98. The van der Waals surface area contributed by atoms with Crippen LogP contribution in [-0.4, -0.2) is 21.5 Å². The Balaban J connectivity index is 2.13. The molecule has 0 spiro atoms. The second kappa shape index (κ2) is 6.75. The van der Waals surface area contributed by atoms with Crippen LogP contribution in [0.4, 0.5) is 10.6 Å². The molecule has 0 aliphatic heterocycles. The van der Waals surface area contributed by atoms with E-state index in [1.165, 1.54) is 0 Å². The van der Waals surface area contributed by atoms with Crippen LogP contribution in [0.3, 0.4) is 0 Å². The summed E-state index contributed by atoms with van der Waals surface area (Å²) in [5.41, 5.74) is 4.68. The second-order valence-electron chi connectivity index (χ2n) is 7.60. The van der Waals surface area contributed by atoms with Gasteiger partial charge in [-0.05, 0) is 57.9 Å². The van der Waals surface area contributed by atoms with Gasteiger partial charge in [0.2, 0.25) is 0 Å². The van der Waals surface area contributed by atoms with E-state index in [2.05, 4.69) is 52.6 Å². The maximum atomic E-state index is 12.4. The lowest BCUT2D eigenvalue weighted by Crippen LogP contribution is -2.43. The van der Waals surface area contributed by atoms with E-state index in [1.54, 1.807) is 12.4 Å². The standard InChI is InChI=1S/C21H24N4O/c1-13-6-7-14(2)16(10-13)17-11-15-12-22-9-8-18(15)23-19(17)24-20(26)25-21(3,4)5/h6-12H,1-5H3,(H2,23,24,25,26). The first kappa shape index (κ1) is 17.9. The summed E-state index contributed by atoms with van der Waals surface area (Å²) in [5, 5.41) is 6.78. The van der Waals surface area contributed by atoms with Gasteiger partial charge in [-0.25, -0.2) is 9.78 Å². The van der Waals surface area contributed by atoms with Crippen molar-refractivity contribution in [2.75, 3.05) is 5.32 Å². The van der Waals surface area contributed by atoms with Crippen LogP contribution in [-0.2, 0) is 0 Å². The minimum Gasteiger partial charge on any atom is -0.333 e. The first-order valence-electron chi connectivity index (χ1n) is 8.64. The Bertz CT molecular complexity index is 973. The molecule has 0 atom stereocenters. The molecule has 0 saturated heterocycles. The van der Waals surface area contributed by atoms with Gasteiger partial charge >= 0.3 is 6.03 Å². The number of anilines is 1. The molecule has 3 rings (SSSR count). The number of hydrogen-bond acceptors (Lipinski definition) is 3. The van der Waals surface area contributed by atoms with Crippen molar-refractivity contribution in [2.24, 2.45) is 0 Å². The van der Waals surface area contributed by atoms with Gasteiger partial charge in [0.05, 0.1) is 5.52 Å². The van der Waals surface area contributed by atoms with Crippen LogP contribution in [0, 0.1) is 13.8 Å². The predicted molar refractivity (Wildman–Crippen MR) is 106 cm³/mol. The first-order valence-corrected chi connectivity index (χ1v) is 8.64. The molecule has 0 bridgehead atoms. The summed E-state index contributed by atoms with van der Waals surface area (Å²) in [7, 11) is 0. The largest absolute Gasteiger partial charge is 0.333 e. The predicted octanol–water partition coefficient (Wildman–Crippen LogP) is 4.83. The zero-order valence-electron chi connectivity index (χ0n) is 15.8. The van der Waals surface area contributed by atoms with E-state index in [0.717, 1.165) is 33.2 Å². The average molecular weight is 348 g/mol. The van der Waals surface area contributed by atoms with Crippen LogP contribution >= 0.6 is 0 Å². The summed E-state index contributed by atoms with van der Waals surface area (Å²) in [4.78, 5) is 21.3. The zero-order valence-corrected chi connectivity index (χ0v) is 15.8. The summed E-state index contributed by atoms with van der Waals surface area (Å²) in [6.45, 7) is 9.94. The molecular weight excluding hydrogens is 324 g/mol. The molecule has 26 heavy (non-hydrogen) atoms. The van der Waals surface area contributed by atoms with Crippen molar-refractivity contribution in [3.05, 3.63) is 53.9 Å². The molecule has 5 nitrogen and oxygen atoms in total. The molecular formula is C21H24N4O. The number of aromatic nitrogens is 2. The van der Waals surface area contributed by atoms with Gasteiger partial charge in [-0.2, -0.15) is 0 Å². The van der Waals surface area contributed by atoms with E-state index in [-0.39, 0.29) is 11.6 Å². The molecule has 0 radical (unpaired) electrons. The van der Waals surface area contributed by atoms with Crippen LogP contribution in [0.1, 0.15) is 31.9 Å². The quantitative estimate of drug-likeness (QED) is 0.697. The van der Waals surface area contributed by atoms with Crippen molar-refractivity contribution < 1.29 is 4.79 Å². The van der Waals surface area contributed by atoms with Crippen LogP contribution < -0.4 is 10.6 Å². The first-order chi connectivity index (χ1) is 12.2. The minimum absolute atomic E-state index is 0.273. The molecule has 2 amide bonds. The lowest BCUT2D eigenvalue weighted by molar-refractivity contribution is 0.243. The fraction of sp³-hybridized carbons (Fsp3) is 0.286. The third-order valence-corrected chi connectivity index (χ3v) is 4.02. The minimum atomic E-state index is -0.329. The third-order valence-electron chi connectivity index (χ3n) is 4.02. The van der Waals surface area contributed by atoms with Gasteiger partial charge in [0.1, 0.15) is 5.82 Å². The van der Waals surface area contributed by atoms with Crippen LogP contribution in [0.2, 0.25) is 0 Å². The van der Waals surface area contributed by atoms with E-state index in [9.17, 15) is 4.79 Å². The average Bonchev–Trinajstić information content (AvgIpc) is 2.55. The number of rotatable bonds is 2. The van der Waals surface area contributed by atoms with E-state index in [4.69, 9.17) is 0 Å². The van der Waals surface area contributed by atoms with Gasteiger partial charge in [-0.1, -0.05) is 23.8 Å². The Morgan fingerprint density at radius 3 is 2.54 bits per heavy atom. The molecule has 0 aliphatic rings. The van der Waals surface area contributed by atoms with Gasteiger partial charge in [0, 0.05) is 28.9 Å². The number of carbonyl (C=O) groups excluding carboxylic acids is 1. The van der Waals surface area contributed by atoms with Crippen molar-refractivity contribution in [2.45, 2.75) is 40.2 Å². The van der Waals surface area contributed by atoms with Crippen molar-refractivity contribution >= 4 is 22.8 Å². The van der Waals surface area contributed by atoms with E-state index < -0.39 is 0 Å². The zero-order chi connectivity index (χ0) is 18.9. The number of amides is 2. The van der Waals surface area contributed by atoms with Crippen LogP contribution in [0.25, 0.3) is 22.0 Å². The maximum Gasteiger partial charge on any atom is 0.320 e. The number of benzene rings is 1. The molecule has 0 unspecified atom stereocenters. The molecule has 3 aromatic rings. The van der Waals surface area contributed by atoms with Gasteiger partial charge in [-0.15, -0.1) is 0 Å². The molecule has 2 heterocycles. The molecule has 2 N–H and O–H groups in total. The summed E-state index contributed by atoms with van der Waals surface area (Å²) in [6, 6.07) is 9.87. The Morgan fingerprint density at radius 2 is 1.81 bits per heavy atom. The number of hydrogen-bond donors (Lipinski definition) is 2. The SMILES string of the molecule is Cc1ccc(C)c(-c2cc3cnccc3nc2NC(=O)NC(C)(C)C)c1. The van der Waals surface area contributed by atoms with Gasteiger partial charge in [0.25, 0.3) is 0 Å². The van der Waals surface area contributed by atoms with E-state index in [0.29, 0.717) is 5.82 Å². The highest BCUT2D eigenvalue weighted by Crippen LogP contribution is 2.32. The molecule has 0 saturated carbocycles. The van der Waals surface area contributed by atoms with Gasteiger partial charge < -0.3 is 5.32 Å². The Kier molecular flexibility index (Phi) is 4.64. The van der Waals surface area contributed by atoms with Crippen molar-refractivity contribution in [1.29, 1.82) is 0 Å². The smallest absolute Gasteiger partial charge is 0.320 e. The normalized spacial score (nSPS) is 11.4. The van der Waals surface area contributed by atoms with Crippen molar-refractivity contribution in [3.63, 3.8) is 0 Å². The topological polar surface area (TPSA) is 66.9 Å². The summed E-state index contributed by atoms with van der Waals surface area (Å²) < 4.78 is 0. The number of pyridine rings is 2. The maximum absolute atomic E-state index is 12.4. The summed E-state index contributed by atoms with van der Waals surface area (Å²) in [6.07, 6.45) is 3.49. The number of fused-ring (bicyclic) bond motifs is 1. The van der Waals surface area contributed by atoms with E-state index >= 15 is 0 Å². The molecule has 0 fully saturated rings. The van der Waals surface area contributed by atoms with E-state index in [1.807, 2.05) is 32.9 Å². The van der Waals surface area contributed by atoms with Crippen molar-refractivity contribution in [1.82, 2.24) is 15.3 Å². The van der Waals surface area contributed by atoms with Crippen LogP contribution in [0.15, 0.2) is 42.7 Å². The van der Waals surface area contributed by atoms with Gasteiger partial charge in [-0.3, -0.25) is 10.3 Å². The number of nitrogens with zero attached hydrogens (tertiary/aromatic N) is 2. The highest BCUT2D eigenvalue weighted by Gasteiger charge is 2.17. The summed E-state index contributed by atoms with van der Waals surface area (Å²) >= 11 is 0. The third kappa shape index (κ3) is 3.99. The highest BCUT2D eigenvalue weighted by atomic mass is 16.2. The van der Waals surface area contributed by atoms with Crippen molar-refractivity contribution in [3.8, 4) is 11.1 Å². The molecule has 5 heteroatoms. The fourth-order valence-corrected chi connectivity index (χ4v) is 2.82. The lowest BCUT2D eigenvalue weighted by Gasteiger charge is -2.21.